The van der Waals surface area contributed by atoms with Gasteiger partial charge >= 0.3 is 11.9 Å². The molecule has 0 aliphatic rings. The van der Waals surface area contributed by atoms with Crippen molar-refractivity contribution in [2.24, 2.45) is 0 Å². The smallest absolute Gasteiger partial charge is 0.297 e. The van der Waals surface area contributed by atoms with Crippen LogP contribution in [0.3, 0.4) is 0 Å². The Balaban J connectivity index is 3.17. The summed E-state index contributed by atoms with van der Waals surface area (Å²) in [5.41, 5.74) is -1.60. The summed E-state index contributed by atoms with van der Waals surface area (Å²) in [6.07, 6.45) is -5.42. The van der Waals surface area contributed by atoms with Crippen LogP contribution in [0.5, 0.6) is 0 Å². The fraction of sp³-hybridized carbons (Fsp3) is 0.556. The van der Waals surface area contributed by atoms with Crippen LogP contribution < -0.4 is 11.2 Å². The molecule has 1 heterocycles. The molecule has 0 aliphatic carbocycles. The lowest BCUT2D eigenvalue weighted by Crippen LogP contribution is -2.38. The van der Waals surface area contributed by atoms with Crippen molar-refractivity contribution in [3.05, 3.63) is 31.6 Å². The molecule has 96 valence electrons. The van der Waals surface area contributed by atoms with E-state index in [2.05, 4.69) is 4.98 Å². The highest BCUT2D eigenvalue weighted by molar-refractivity contribution is 6.30. The van der Waals surface area contributed by atoms with Crippen molar-refractivity contribution < 1.29 is 13.2 Å². The number of alkyl halides is 3. The van der Waals surface area contributed by atoms with E-state index < -0.39 is 30.4 Å². The van der Waals surface area contributed by atoms with Gasteiger partial charge in [0, 0.05) is 6.54 Å². The van der Waals surface area contributed by atoms with Crippen molar-refractivity contribution in [1.29, 1.82) is 0 Å². The first-order chi connectivity index (χ1) is 7.76. The van der Waals surface area contributed by atoms with Crippen molar-refractivity contribution in [2.75, 3.05) is 0 Å². The minimum Gasteiger partial charge on any atom is -0.297 e. The number of hydrogen-bond donors (Lipinski definition) is 1. The highest BCUT2D eigenvalue weighted by Gasteiger charge is 2.27. The summed E-state index contributed by atoms with van der Waals surface area (Å²) in [7, 11) is 0. The van der Waals surface area contributed by atoms with Crippen LogP contribution in [0.25, 0.3) is 0 Å². The zero-order valence-corrected chi connectivity index (χ0v) is 9.65. The standard InChI is InChI=1S/C9H10ClF3N2O2/c1-2-5-6(10)14-8(17)15(7(5)16)4-3-9(11,12)13/h2-4H2,1H3,(H,14,17). The van der Waals surface area contributed by atoms with Crippen molar-refractivity contribution in [3.63, 3.8) is 0 Å². The average Bonchev–Trinajstić information content (AvgIpc) is 2.15. The van der Waals surface area contributed by atoms with Crippen molar-refractivity contribution in [3.8, 4) is 0 Å². The van der Waals surface area contributed by atoms with E-state index in [0.717, 1.165) is 0 Å². The Morgan fingerprint density at radius 3 is 2.41 bits per heavy atom. The Kier molecular flexibility index (Phi) is 4.03. The topological polar surface area (TPSA) is 54.9 Å². The van der Waals surface area contributed by atoms with Crippen molar-refractivity contribution in [1.82, 2.24) is 9.55 Å². The van der Waals surface area contributed by atoms with Gasteiger partial charge in [-0.25, -0.2) is 4.79 Å². The largest absolute Gasteiger partial charge is 0.390 e. The van der Waals surface area contributed by atoms with E-state index in [1.54, 1.807) is 6.92 Å². The van der Waals surface area contributed by atoms with Crippen LogP contribution in [-0.2, 0) is 13.0 Å². The molecule has 0 fully saturated rings. The van der Waals surface area contributed by atoms with Crippen LogP contribution in [-0.4, -0.2) is 15.7 Å². The van der Waals surface area contributed by atoms with Gasteiger partial charge in [-0.3, -0.25) is 14.3 Å². The second kappa shape index (κ2) is 4.95. The molecular weight excluding hydrogens is 261 g/mol. The van der Waals surface area contributed by atoms with Crippen LogP contribution in [0.4, 0.5) is 13.2 Å². The molecule has 0 saturated carbocycles. The molecule has 1 rings (SSSR count). The number of aromatic nitrogens is 2. The van der Waals surface area contributed by atoms with Gasteiger partial charge in [-0.1, -0.05) is 18.5 Å². The van der Waals surface area contributed by atoms with Crippen LogP contribution in [0.15, 0.2) is 9.59 Å². The molecule has 17 heavy (non-hydrogen) atoms. The molecule has 0 amide bonds. The van der Waals surface area contributed by atoms with Crippen LogP contribution in [0.1, 0.15) is 18.9 Å². The second-order valence-electron chi connectivity index (χ2n) is 3.40. The summed E-state index contributed by atoms with van der Waals surface area (Å²) >= 11 is 5.61. The highest BCUT2D eigenvalue weighted by Crippen LogP contribution is 2.19. The maximum absolute atomic E-state index is 12.0. The predicted octanol–water partition coefficient (Wildman–Crippen LogP) is 1.70. The van der Waals surface area contributed by atoms with Crippen LogP contribution >= 0.6 is 11.6 Å². The lowest BCUT2D eigenvalue weighted by molar-refractivity contribution is -0.137. The SMILES string of the molecule is CCc1c(Cl)[nH]c(=O)n(CCC(F)(F)F)c1=O. The normalized spacial score (nSPS) is 11.8. The summed E-state index contributed by atoms with van der Waals surface area (Å²) in [6.45, 7) is 0.914. The van der Waals surface area contributed by atoms with Gasteiger partial charge in [-0.2, -0.15) is 13.2 Å². The average molecular weight is 271 g/mol. The molecule has 0 radical (unpaired) electrons. The monoisotopic (exact) mass is 270 g/mol. The van der Waals surface area contributed by atoms with Crippen molar-refractivity contribution in [2.45, 2.75) is 32.5 Å². The lowest BCUT2D eigenvalue weighted by Gasteiger charge is -2.09. The quantitative estimate of drug-likeness (QED) is 0.850. The predicted molar refractivity (Wildman–Crippen MR) is 56.4 cm³/mol. The third kappa shape index (κ3) is 3.36. The third-order valence-corrected chi connectivity index (χ3v) is 2.53. The zero-order valence-electron chi connectivity index (χ0n) is 8.90. The van der Waals surface area contributed by atoms with Gasteiger partial charge in [-0.05, 0) is 6.42 Å². The minimum atomic E-state index is -4.42. The maximum atomic E-state index is 12.0. The van der Waals surface area contributed by atoms with Crippen molar-refractivity contribution >= 4 is 11.6 Å². The number of hydrogen-bond acceptors (Lipinski definition) is 2. The summed E-state index contributed by atoms with van der Waals surface area (Å²) in [5.74, 6) is 0. The van der Waals surface area contributed by atoms with E-state index in [1.807, 2.05) is 0 Å². The summed E-state index contributed by atoms with van der Waals surface area (Å²) in [6, 6.07) is 0. The minimum absolute atomic E-state index is 0.105. The number of rotatable bonds is 3. The molecule has 0 saturated heterocycles. The fourth-order valence-corrected chi connectivity index (χ4v) is 1.63. The summed E-state index contributed by atoms with van der Waals surface area (Å²) < 4.78 is 36.6. The second-order valence-corrected chi connectivity index (χ2v) is 3.78. The zero-order chi connectivity index (χ0) is 13.2. The Morgan fingerprint density at radius 1 is 1.35 bits per heavy atom. The molecule has 0 bridgehead atoms. The first kappa shape index (κ1) is 13.8. The number of nitrogens with one attached hydrogen (secondary N) is 1. The molecule has 0 atom stereocenters. The van der Waals surface area contributed by atoms with Gasteiger partial charge in [-0.15, -0.1) is 0 Å². The van der Waals surface area contributed by atoms with Gasteiger partial charge in [0.25, 0.3) is 5.56 Å². The molecule has 0 unspecified atom stereocenters. The molecule has 0 aromatic carbocycles. The molecular formula is C9H10ClF3N2O2. The first-order valence-electron chi connectivity index (χ1n) is 4.84. The van der Waals surface area contributed by atoms with E-state index in [4.69, 9.17) is 11.6 Å². The molecule has 1 aromatic heterocycles. The van der Waals surface area contributed by atoms with E-state index in [9.17, 15) is 22.8 Å². The third-order valence-electron chi connectivity index (χ3n) is 2.20. The Morgan fingerprint density at radius 2 is 1.94 bits per heavy atom. The number of nitrogens with zero attached hydrogens (tertiary/aromatic N) is 1. The van der Waals surface area contributed by atoms with E-state index in [1.165, 1.54) is 0 Å². The molecule has 1 N–H and O–H groups in total. The van der Waals surface area contributed by atoms with Gasteiger partial charge < -0.3 is 0 Å². The summed E-state index contributed by atoms with van der Waals surface area (Å²) in [5, 5.41) is -0.120. The first-order valence-corrected chi connectivity index (χ1v) is 5.22. The van der Waals surface area contributed by atoms with E-state index in [-0.39, 0.29) is 17.1 Å². The Labute approximate surface area is 99.0 Å². The molecule has 4 nitrogen and oxygen atoms in total. The lowest BCUT2D eigenvalue weighted by atomic mass is 10.2. The van der Waals surface area contributed by atoms with Gasteiger partial charge in [0.05, 0.1) is 12.0 Å². The summed E-state index contributed by atoms with van der Waals surface area (Å²) in [4.78, 5) is 25.1. The fourth-order valence-electron chi connectivity index (χ4n) is 1.33. The van der Waals surface area contributed by atoms with Crippen LogP contribution in [0.2, 0.25) is 5.15 Å². The van der Waals surface area contributed by atoms with Gasteiger partial charge in [0.2, 0.25) is 0 Å². The van der Waals surface area contributed by atoms with Gasteiger partial charge in [0.1, 0.15) is 5.15 Å². The maximum Gasteiger partial charge on any atom is 0.390 e. The molecule has 8 heteroatoms. The molecule has 0 aliphatic heterocycles. The van der Waals surface area contributed by atoms with E-state index >= 15 is 0 Å². The van der Waals surface area contributed by atoms with E-state index in [0.29, 0.717) is 4.57 Å². The van der Waals surface area contributed by atoms with Crippen LogP contribution in [0, 0.1) is 0 Å². The Bertz CT molecular complexity index is 518. The van der Waals surface area contributed by atoms with Gasteiger partial charge in [0.15, 0.2) is 0 Å². The number of aromatic amines is 1. The Hall–Kier alpha value is -1.24. The highest BCUT2D eigenvalue weighted by atomic mass is 35.5. The number of H-pyrrole nitrogens is 1. The molecule has 0 spiro atoms. The molecule has 1 aromatic rings. The number of halogens is 4.